The first-order valence-corrected chi connectivity index (χ1v) is 7.55. The molecule has 2 aromatic rings. The zero-order chi connectivity index (χ0) is 15.4. The molecule has 1 aromatic heterocycles. The van der Waals surface area contributed by atoms with Gasteiger partial charge in [0.2, 0.25) is 6.43 Å². The van der Waals surface area contributed by atoms with Crippen molar-refractivity contribution in [3.8, 4) is 11.3 Å². The topological polar surface area (TPSA) is 34.9 Å². The monoisotopic (exact) mass is 310 g/mol. The molecule has 1 aromatic carbocycles. The highest BCUT2D eigenvalue weighted by atomic mass is 32.2. The van der Waals surface area contributed by atoms with E-state index in [0.717, 1.165) is 28.5 Å². The molecule has 0 fully saturated rings. The van der Waals surface area contributed by atoms with Crippen molar-refractivity contribution in [1.29, 1.82) is 0 Å². The number of carbonyl (C=O) groups is 1. The van der Waals surface area contributed by atoms with Crippen molar-refractivity contribution in [3.05, 3.63) is 36.0 Å². The average molecular weight is 310 g/mol. The first-order chi connectivity index (χ1) is 10.0. The van der Waals surface area contributed by atoms with Crippen LogP contribution in [0.5, 0.6) is 0 Å². The van der Waals surface area contributed by atoms with Crippen LogP contribution in [0.25, 0.3) is 11.3 Å². The van der Waals surface area contributed by atoms with Crippen LogP contribution in [-0.4, -0.2) is 28.2 Å². The number of nitrogens with zero attached hydrogens (tertiary/aromatic N) is 2. The van der Waals surface area contributed by atoms with Crippen molar-refractivity contribution in [3.63, 3.8) is 0 Å². The maximum atomic E-state index is 12.2. The molecule has 112 valence electrons. The summed E-state index contributed by atoms with van der Waals surface area (Å²) in [6.45, 7) is 3.96. The van der Waals surface area contributed by atoms with E-state index < -0.39 is 6.43 Å². The minimum Gasteiger partial charge on any atom is -0.298 e. The van der Waals surface area contributed by atoms with Crippen LogP contribution in [0.3, 0.4) is 0 Å². The highest BCUT2D eigenvalue weighted by Gasteiger charge is 2.12. The zero-order valence-corrected chi connectivity index (χ0v) is 12.6. The maximum absolute atomic E-state index is 12.2. The predicted octanol–water partition coefficient (Wildman–Crippen LogP) is 4.30. The van der Waals surface area contributed by atoms with Gasteiger partial charge in [-0.1, -0.05) is 12.1 Å². The summed E-state index contributed by atoms with van der Waals surface area (Å²) in [6.07, 6.45) is 0.172. The van der Waals surface area contributed by atoms with Gasteiger partial charge in [0.15, 0.2) is 6.29 Å². The molecule has 6 heteroatoms. The van der Waals surface area contributed by atoms with E-state index in [1.54, 1.807) is 35.1 Å². The van der Waals surface area contributed by atoms with Crippen LogP contribution in [0.2, 0.25) is 0 Å². The van der Waals surface area contributed by atoms with Crippen LogP contribution in [0.4, 0.5) is 8.78 Å². The molecule has 21 heavy (non-hydrogen) atoms. The van der Waals surface area contributed by atoms with Gasteiger partial charge < -0.3 is 0 Å². The standard InChI is InChI=1S/C15H16F2N2OS/c1-10(2)19-7-12(8-20)15(18-19)11-3-5-13(6-4-11)21-9-14(16)17/h3-8,10,14H,9H2,1-2H3. The third-order valence-corrected chi connectivity index (χ3v) is 3.94. The van der Waals surface area contributed by atoms with Gasteiger partial charge in [0, 0.05) is 22.7 Å². The SMILES string of the molecule is CC(C)n1cc(C=O)c(-c2ccc(SCC(F)F)cc2)n1. The van der Waals surface area contributed by atoms with Crippen LogP contribution < -0.4 is 0 Å². The van der Waals surface area contributed by atoms with Gasteiger partial charge in [-0.3, -0.25) is 9.48 Å². The lowest BCUT2D eigenvalue weighted by molar-refractivity contribution is 0.112. The largest absolute Gasteiger partial charge is 0.298 e. The Morgan fingerprint density at radius 1 is 1.29 bits per heavy atom. The highest BCUT2D eigenvalue weighted by molar-refractivity contribution is 7.99. The third kappa shape index (κ3) is 3.91. The molecule has 0 saturated carbocycles. The molecule has 1 heterocycles. The smallest absolute Gasteiger partial charge is 0.247 e. The number of thioether (sulfide) groups is 1. The summed E-state index contributed by atoms with van der Waals surface area (Å²) in [5.74, 6) is -0.221. The highest BCUT2D eigenvalue weighted by Crippen LogP contribution is 2.26. The van der Waals surface area contributed by atoms with E-state index in [4.69, 9.17) is 0 Å². The first-order valence-electron chi connectivity index (χ1n) is 6.57. The van der Waals surface area contributed by atoms with E-state index in [1.807, 2.05) is 13.8 Å². The summed E-state index contributed by atoms with van der Waals surface area (Å²) in [4.78, 5) is 11.9. The molecular weight excluding hydrogens is 294 g/mol. The van der Waals surface area contributed by atoms with Crippen LogP contribution in [-0.2, 0) is 0 Å². The molecule has 0 aliphatic heterocycles. The van der Waals surface area contributed by atoms with Crippen molar-refractivity contribution in [2.75, 3.05) is 5.75 Å². The Morgan fingerprint density at radius 3 is 2.48 bits per heavy atom. The molecule has 0 saturated heterocycles. The number of rotatable bonds is 6. The minimum absolute atomic E-state index is 0.165. The molecule has 0 spiro atoms. The molecule has 0 atom stereocenters. The van der Waals surface area contributed by atoms with E-state index in [-0.39, 0.29) is 11.8 Å². The Hall–Kier alpha value is -1.69. The fourth-order valence-corrected chi connectivity index (χ4v) is 2.50. The predicted molar refractivity (Wildman–Crippen MR) is 80.2 cm³/mol. The molecule has 0 aliphatic carbocycles. The summed E-state index contributed by atoms with van der Waals surface area (Å²) in [6, 6.07) is 7.30. The number of aromatic nitrogens is 2. The number of halogens is 2. The number of benzene rings is 1. The van der Waals surface area contributed by atoms with Crippen LogP contribution in [0.15, 0.2) is 35.4 Å². The molecule has 0 aliphatic rings. The normalized spacial score (nSPS) is 11.3. The quantitative estimate of drug-likeness (QED) is 0.589. The Morgan fingerprint density at radius 2 is 1.95 bits per heavy atom. The molecule has 0 amide bonds. The summed E-state index contributed by atoms with van der Waals surface area (Å²) in [5, 5.41) is 4.41. The van der Waals surface area contributed by atoms with E-state index in [0.29, 0.717) is 11.3 Å². The number of hydrogen-bond donors (Lipinski definition) is 0. The van der Waals surface area contributed by atoms with Crippen molar-refractivity contribution >= 4 is 18.0 Å². The molecule has 3 nitrogen and oxygen atoms in total. The van der Waals surface area contributed by atoms with Gasteiger partial charge in [-0.2, -0.15) is 5.10 Å². The molecular formula is C15H16F2N2OS. The summed E-state index contributed by atoms with van der Waals surface area (Å²) in [7, 11) is 0. The second-order valence-corrected chi connectivity index (χ2v) is 5.94. The van der Waals surface area contributed by atoms with Gasteiger partial charge in [-0.05, 0) is 26.0 Å². The molecule has 0 radical (unpaired) electrons. The lowest BCUT2D eigenvalue weighted by Crippen LogP contribution is -2.00. The van der Waals surface area contributed by atoms with Crippen molar-refractivity contribution in [2.24, 2.45) is 0 Å². The summed E-state index contributed by atoms with van der Waals surface area (Å²) in [5.41, 5.74) is 1.94. The van der Waals surface area contributed by atoms with E-state index in [9.17, 15) is 13.6 Å². The van der Waals surface area contributed by atoms with Gasteiger partial charge in [-0.25, -0.2) is 8.78 Å². The van der Waals surface area contributed by atoms with Crippen LogP contribution >= 0.6 is 11.8 Å². The number of carbonyl (C=O) groups excluding carboxylic acids is 1. The fraction of sp³-hybridized carbons (Fsp3) is 0.333. The molecule has 2 rings (SSSR count). The molecule has 0 N–H and O–H groups in total. The van der Waals surface area contributed by atoms with E-state index >= 15 is 0 Å². The van der Waals surface area contributed by atoms with E-state index in [1.165, 1.54) is 0 Å². The van der Waals surface area contributed by atoms with Gasteiger partial charge >= 0.3 is 0 Å². The Labute approximate surface area is 126 Å². The lowest BCUT2D eigenvalue weighted by atomic mass is 10.1. The van der Waals surface area contributed by atoms with Crippen molar-refractivity contribution < 1.29 is 13.6 Å². The second-order valence-electron chi connectivity index (χ2n) is 4.85. The summed E-state index contributed by atoms with van der Waals surface area (Å²) >= 11 is 1.11. The zero-order valence-electron chi connectivity index (χ0n) is 11.8. The second kappa shape index (κ2) is 6.85. The van der Waals surface area contributed by atoms with Gasteiger partial charge in [0.1, 0.15) is 5.69 Å². The van der Waals surface area contributed by atoms with Crippen LogP contribution in [0, 0.1) is 0 Å². The van der Waals surface area contributed by atoms with Gasteiger partial charge in [0.25, 0.3) is 0 Å². The number of hydrogen-bond acceptors (Lipinski definition) is 3. The maximum Gasteiger partial charge on any atom is 0.247 e. The molecule has 0 unspecified atom stereocenters. The summed E-state index contributed by atoms with van der Waals surface area (Å²) < 4.78 is 26.1. The minimum atomic E-state index is -2.32. The average Bonchev–Trinajstić information content (AvgIpc) is 2.90. The van der Waals surface area contributed by atoms with Gasteiger partial charge in [0.05, 0.1) is 11.3 Å². The number of alkyl halides is 2. The molecule has 0 bridgehead atoms. The Balaban J connectivity index is 2.24. The van der Waals surface area contributed by atoms with Crippen LogP contribution in [0.1, 0.15) is 30.2 Å². The lowest BCUT2D eigenvalue weighted by Gasteiger charge is -2.04. The Bertz CT molecular complexity index is 609. The Kier molecular flexibility index (Phi) is 5.12. The fourth-order valence-electron chi connectivity index (χ4n) is 1.85. The van der Waals surface area contributed by atoms with Gasteiger partial charge in [-0.15, -0.1) is 11.8 Å². The van der Waals surface area contributed by atoms with Crippen molar-refractivity contribution in [2.45, 2.75) is 31.2 Å². The van der Waals surface area contributed by atoms with Crippen molar-refractivity contribution in [1.82, 2.24) is 9.78 Å². The third-order valence-electron chi connectivity index (χ3n) is 2.92. The first kappa shape index (κ1) is 15.7. The van der Waals surface area contributed by atoms with E-state index in [2.05, 4.69) is 5.10 Å². The number of aldehydes is 1.